The van der Waals surface area contributed by atoms with Gasteiger partial charge in [0.05, 0.1) is 0 Å². The third-order valence-corrected chi connectivity index (χ3v) is 2.62. The molecule has 3 nitrogen and oxygen atoms in total. The summed E-state index contributed by atoms with van der Waals surface area (Å²) < 4.78 is 0. The monoisotopic (exact) mass is 214 g/mol. The Bertz CT molecular complexity index is 534. The Morgan fingerprint density at radius 1 is 1.44 bits per heavy atom. The van der Waals surface area contributed by atoms with Gasteiger partial charge in [0.1, 0.15) is 0 Å². The Kier molecular flexibility index (Phi) is 2.86. The SMILES string of the molecule is Cc1cc(CCC(N)=O)c2ccncc2c1. The highest BCUT2D eigenvalue weighted by Crippen LogP contribution is 2.21. The standard InChI is InChI=1S/C13H14N2O/c1-9-6-10(2-3-13(14)16)12-4-5-15-8-11(12)7-9/h4-8H,2-3H2,1H3,(H2,14,16). The highest BCUT2D eigenvalue weighted by Gasteiger charge is 2.04. The molecule has 0 aliphatic carbocycles. The molecule has 1 heterocycles. The molecule has 1 aromatic heterocycles. The number of carbonyl (C=O) groups excluding carboxylic acids is 1. The van der Waals surface area contributed by atoms with Crippen LogP contribution < -0.4 is 5.73 Å². The molecular formula is C13H14N2O. The van der Waals surface area contributed by atoms with E-state index in [1.165, 1.54) is 5.56 Å². The molecule has 0 aliphatic heterocycles. The van der Waals surface area contributed by atoms with Crippen LogP contribution in [0.25, 0.3) is 10.8 Å². The molecule has 82 valence electrons. The topological polar surface area (TPSA) is 56.0 Å². The van der Waals surface area contributed by atoms with E-state index in [-0.39, 0.29) is 5.91 Å². The highest BCUT2D eigenvalue weighted by atomic mass is 16.1. The fraction of sp³-hybridized carbons (Fsp3) is 0.231. The van der Waals surface area contributed by atoms with Crippen molar-refractivity contribution in [3.8, 4) is 0 Å². The normalized spacial score (nSPS) is 10.6. The third-order valence-electron chi connectivity index (χ3n) is 2.62. The number of rotatable bonds is 3. The quantitative estimate of drug-likeness (QED) is 0.849. The van der Waals surface area contributed by atoms with Crippen molar-refractivity contribution in [3.05, 3.63) is 41.7 Å². The maximum atomic E-state index is 10.8. The molecule has 2 rings (SSSR count). The second-order valence-electron chi connectivity index (χ2n) is 3.99. The van der Waals surface area contributed by atoms with Crippen molar-refractivity contribution in [2.75, 3.05) is 0 Å². The molecule has 16 heavy (non-hydrogen) atoms. The van der Waals surface area contributed by atoms with E-state index in [0.29, 0.717) is 12.8 Å². The zero-order valence-corrected chi connectivity index (χ0v) is 9.23. The van der Waals surface area contributed by atoms with Gasteiger partial charge in [0, 0.05) is 24.2 Å². The minimum atomic E-state index is -0.260. The van der Waals surface area contributed by atoms with Gasteiger partial charge in [-0.25, -0.2) is 0 Å². The van der Waals surface area contributed by atoms with Crippen molar-refractivity contribution in [2.24, 2.45) is 5.73 Å². The number of aryl methyl sites for hydroxylation is 2. The number of benzene rings is 1. The van der Waals surface area contributed by atoms with Crippen LogP contribution in [0.2, 0.25) is 0 Å². The summed E-state index contributed by atoms with van der Waals surface area (Å²) in [7, 11) is 0. The number of amides is 1. The summed E-state index contributed by atoms with van der Waals surface area (Å²) in [6.07, 6.45) is 4.69. The van der Waals surface area contributed by atoms with Gasteiger partial charge in [-0.2, -0.15) is 0 Å². The van der Waals surface area contributed by atoms with Crippen LogP contribution in [0.5, 0.6) is 0 Å². The van der Waals surface area contributed by atoms with Crippen molar-refractivity contribution in [1.29, 1.82) is 0 Å². The number of nitrogens with zero attached hydrogens (tertiary/aromatic N) is 1. The van der Waals surface area contributed by atoms with Gasteiger partial charge in [-0.3, -0.25) is 9.78 Å². The minimum Gasteiger partial charge on any atom is -0.370 e. The van der Waals surface area contributed by atoms with Crippen molar-refractivity contribution in [2.45, 2.75) is 19.8 Å². The predicted octanol–water partition coefficient (Wildman–Crippen LogP) is 1.96. The van der Waals surface area contributed by atoms with Gasteiger partial charge in [0.25, 0.3) is 0 Å². The van der Waals surface area contributed by atoms with E-state index < -0.39 is 0 Å². The molecule has 0 saturated heterocycles. The van der Waals surface area contributed by atoms with E-state index in [1.54, 1.807) is 6.20 Å². The molecule has 0 aliphatic rings. The van der Waals surface area contributed by atoms with E-state index in [4.69, 9.17) is 5.73 Å². The summed E-state index contributed by atoms with van der Waals surface area (Å²) in [6, 6.07) is 6.17. The first-order valence-electron chi connectivity index (χ1n) is 5.28. The van der Waals surface area contributed by atoms with Crippen LogP contribution in [0.3, 0.4) is 0 Å². The van der Waals surface area contributed by atoms with Gasteiger partial charge in [-0.15, -0.1) is 0 Å². The van der Waals surface area contributed by atoms with Crippen molar-refractivity contribution in [3.63, 3.8) is 0 Å². The van der Waals surface area contributed by atoms with E-state index in [1.807, 2.05) is 19.2 Å². The molecule has 0 bridgehead atoms. The lowest BCUT2D eigenvalue weighted by Crippen LogP contribution is -2.11. The number of pyridine rings is 1. The van der Waals surface area contributed by atoms with Gasteiger partial charge in [0.2, 0.25) is 5.91 Å². The largest absolute Gasteiger partial charge is 0.370 e. The molecule has 0 atom stereocenters. The number of hydrogen-bond acceptors (Lipinski definition) is 2. The van der Waals surface area contributed by atoms with Crippen molar-refractivity contribution < 1.29 is 4.79 Å². The molecule has 1 aromatic carbocycles. The average molecular weight is 214 g/mol. The third kappa shape index (κ3) is 2.19. The molecule has 0 saturated carbocycles. The van der Waals surface area contributed by atoms with Crippen molar-refractivity contribution >= 4 is 16.7 Å². The molecule has 2 N–H and O–H groups in total. The first-order valence-corrected chi connectivity index (χ1v) is 5.28. The molecule has 0 unspecified atom stereocenters. The Balaban J connectivity index is 2.46. The minimum absolute atomic E-state index is 0.260. The van der Waals surface area contributed by atoms with Crippen LogP contribution in [-0.2, 0) is 11.2 Å². The maximum absolute atomic E-state index is 10.8. The van der Waals surface area contributed by atoms with Crippen LogP contribution in [0.15, 0.2) is 30.6 Å². The molecular weight excluding hydrogens is 200 g/mol. The predicted molar refractivity (Wildman–Crippen MR) is 64.0 cm³/mol. The fourth-order valence-electron chi connectivity index (χ4n) is 1.92. The van der Waals surface area contributed by atoms with Crippen LogP contribution >= 0.6 is 0 Å². The van der Waals surface area contributed by atoms with Gasteiger partial charge in [-0.05, 0) is 36.4 Å². The van der Waals surface area contributed by atoms with E-state index in [9.17, 15) is 4.79 Å². The van der Waals surface area contributed by atoms with Crippen LogP contribution in [-0.4, -0.2) is 10.9 Å². The molecule has 1 amide bonds. The van der Waals surface area contributed by atoms with E-state index in [2.05, 4.69) is 17.1 Å². The summed E-state index contributed by atoms with van der Waals surface area (Å²) in [6.45, 7) is 2.04. The number of nitrogens with two attached hydrogens (primary N) is 1. The first kappa shape index (κ1) is 10.6. The van der Waals surface area contributed by atoms with Gasteiger partial charge < -0.3 is 5.73 Å². The molecule has 0 radical (unpaired) electrons. The second-order valence-corrected chi connectivity index (χ2v) is 3.99. The lowest BCUT2D eigenvalue weighted by Gasteiger charge is -2.06. The molecule has 0 spiro atoms. The molecule has 2 aromatic rings. The Morgan fingerprint density at radius 3 is 3.00 bits per heavy atom. The number of aromatic nitrogens is 1. The van der Waals surface area contributed by atoms with Crippen LogP contribution in [0.4, 0.5) is 0 Å². The first-order chi connectivity index (χ1) is 7.66. The zero-order chi connectivity index (χ0) is 11.5. The second kappa shape index (κ2) is 4.31. The smallest absolute Gasteiger partial charge is 0.217 e. The van der Waals surface area contributed by atoms with Crippen molar-refractivity contribution in [1.82, 2.24) is 4.98 Å². The zero-order valence-electron chi connectivity index (χ0n) is 9.23. The summed E-state index contributed by atoms with van der Waals surface area (Å²) in [5, 5.41) is 2.27. The van der Waals surface area contributed by atoms with Gasteiger partial charge in [-0.1, -0.05) is 11.6 Å². The molecule has 3 heteroatoms. The van der Waals surface area contributed by atoms with Crippen LogP contribution in [0, 0.1) is 6.92 Å². The number of carbonyl (C=O) groups is 1. The highest BCUT2D eigenvalue weighted by molar-refractivity contribution is 5.86. The Labute approximate surface area is 94.3 Å². The van der Waals surface area contributed by atoms with Crippen LogP contribution in [0.1, 0.15) is 17.5 Å². The summed E-state index contributed by atoms with van der Waals surface area (Å²) in [4.78, 5) is 14.9. The fourth-order valence-corrected chi connectivity index (χ4v) is 1.92. The Morgan fingerprint density at radius 2 is 2.25 bits per heavy atom. The number of primary amides is 1. The number of fused-ring (bicyclic) bond motifs is 1. The summed E-state index contributed by atoms with van der Waals surface area (Å²) in [5.41, 5.74) is 7.51. The average Bonchev–Trinajstić information content (AvgIpc) is 2.25. The Hall–Kier alpha value is -1.90. The van der Waals surface area contributed by atoms with E-state index >= 15 is 0 Å². The number of hydrogen-bond donors (Lipinski definition) is 1. The van der Waals surface area contributed by atoms with Gasteiger partial charge >= 0.3 is 0 Å². The lowest BCUT2D eigenvalue weighted by molar-refractivity contribution is -0.117. The van der Waals surface area contributed by atoms with Gasteiger partial charge in [0.15, 0.2) is 0 Å². The maximum Gasteiger partial charge on any atom is 0.217 e. The van der Waals surface area contributed by atoms with E-state index in [0.717, 1.165) is 16.3 Å². The summed E-state index contributed by atoms with van der Waals surface area (Å²) >= 11 is 0. The molecule has 0 fully saturated rings. The summed E-state index contributed by atoms with van der Waals surface area (Å²) in [5.74, 6) is -0.260. The lowest BCUT2D eigenvalue weighted by atomic mass is 9.99.